The van der Waals surface area contributed by atoms with Crippen molar-refractivity contribution in [2.24, 2.45) is 0 Å². The van der Waals surface area contributed by atoms with Crippen molar-refractivity contribution in [1.82, 2.24) is 10.2 Å². The van der Waals surface area contributed by atoms with Crippen molar-refractivity contribution in [3.63, 3.8) is 0 Å². The number of rotatable bonds is 3. The minimum Gasteiger partial charge on any atom is -0.504 e. The summed E-state index contributed by atoms with van der Waals surface area (Å²) in [5.41, 5.74) is 0.698. The highest BCUT2D eigenvalue weighted by atomic mass is 32.2. The SMILES string of the molecule is O=S(=O)(O)c1ccccc1Cc1[nH]n[c]c1O. The van der Waals surface area contributed by atoms with Crippen molar-refractivity contribution in [3.8, 4) is 5.75 Å². The van der Waals surface area contributed by atoms with Gasteiger partial charge in [-0.3, -0.25) is 9.65 Å². The molecule has 1 radical (unpaired) electrons. The Hall–Kier alpha value is -1.86. The molecule has 1 heterocycles. The number of nitrogens with one attached hydrogen (secondary N) is 1. The summed E-state index contributed by atoms with van der Waals surface area (Å²) in [5, 5.41) is 15.3. The summed E-state index contributed by atoms with van der Waals surface area (Å²) in [6.07, 6.45) is 2.39. The van der Waals surface area contributed by atoms with Crippen molar-refractivity contribution in [2.45, 2.75) is 11.3 Å². The molecule has 2 aromatic rings. The number of hydrogen-bond acceptors (Lipinski definition) is 4. The zero-order chi connectivity index (χ0) is 12.5. The summed E-state index contributed by atoms with van der Waals surface area (Å²) < 4.78 is 31.3. The second-order valence-electron chi connectivity index (χ2n) is 3.42. The maximum absolute atomic E-state index is 11.1. The highest BCUT2D eigenvalue weighted by Crippen LogP contribution is 2.21. The molecule has 0 aliphatic rings. The molecule has 0 aliphatic heterocycles. The molecule has 6 nitrogen and oxygen atoms in total. The van der Waals surface area contributed by atoms with Gasteiger partial charge in [0.05, 0.1) is 10.6 Å². The van der Waals surface area contributed by atoms with Crippen molar-refractivity contribution < 1.29 is 18.1 Å². The molecule has 1 aromatic heterocycles. The zero-order valence-corrected chi connectivity index (χ0v) is 9.40. The van der Waals surface area contributed by atoms with E-state index in [2.05, 4.69) is 16.4 Å². The lowest BCUT2D eigenvalue weighted by atomic mass is 10.1. The molecule has 3 N–H and O–H groups in total. The molecule has 1 aromatic carbocycles. The van der Waals surface area contributed by atoms with E-state index in [1.165, 1.54) is 12.1 Å². The molecule has 0 spiro atoms. The molecule has 0 unspecified atom stereocenters. The van der Waals surface area contributed by atoms with E-state index >= 15 is 0 Å². The fourth-order valence-corrected chi connectivity index (χ4v) is 2.21. The highest BCUT2D eigenvalue weighted by Gasteiger charge is 2.16. The van der Waals surface area contributed by atoms with Crippen molar-refractivity contribution >= 4 is 10.1 Å². The Morgan fingerprint density at radius 2 is 2.06 bits per heavy atom. The fraction of sp³-hybridized carbons (Fsp3) is 0.100. The first-order chi connectivity index (χ1) is 7.98. The average Bonchev–Trinajstić information content (AvgIpc) is 2.64. The van der Waals surface area contributed by atoms with E-state index in [1.807, 2.05) is 0 Å². The lowest BCUT2D eigenvalue weighted by molar-refractivity contribution is 0.467. The first-order valence-corrected chi connectivity index (χ1v) is 6.12. The summed E-state index contributed by atoms with van der Waals surface area (Å²) in [7, 11) is -4.28. The summed E-state index contributed by atoms with van der Waals surface area (Å²) in [6.45, 7) is 0. The van der Waals surface area contributed by atoms with Crippen LogP contribution < -0.4 is 0 Å². The monoisotopic (exact) mass is 253 g/mol. The molecule has 0 bridgehead atoms. The maximum atomic E-state index is 11.1. The van der Waals surface area contributed by atoms with Gasteiger partial charge in [0.25, 0.3) is 10.1 Å². The third-order valence-electron chi connectivity index (χ3n) is 2.26. The van der Waals surface area contributed by atoms with E-state index in [0.717, 1.165) is 0 Å². The number of nitrogens with zero attached hydrogens (tertiary/aromatic N) is 1. The van der Waals surface area contributed by atoms with Gasteiger partial charge in [-0.15, -0.1) is 0 Å². The van der Waals surface area contributed by atoms with Crippen LogP contribution in [-0.2, 0) is 16.5 Å². The maximum Gasteiger partial charge on any atom is 0.294 e. The van der Waals surface area contributed by atoms with Crippen molar-refractivity contribution in [1.29, 1.82) is 0 Å². The Morgan fingerprint density at radius 1 is 1.35 bits per heavy atom. The van der Waals surface area contributed by atoms with Gasteiger partial charge in [0.2, 0.25) is 0 Å². The van der Waals surface area contributed by atoms with Gasteiger partial charge in [-0.05, 0) is 11.6 Å². The molecule has 0 atom stereocenters. The van der Waals surface area contributed by atoms with E-state index in [-0.39, 0.29) is 17.1 Å². The van der Waals surface area contributed by atoms with E-state index in [1.54, 1.807) is 12.1 Å². The van der Waals surface area contributed by atoms with Gasteiger partial charge in [-0.1, -0.05) is 18.2 Å². The molecule has 2 rings (SSSR count). The first kappa shape index (κ1) is 11.6. The average molecular weight is 253 g/mol. The topological polar surface area (TPSA) is 103 Å². The first-order valence-electron chi connectivity index (χ1n) is 4.68. The number of hydrogen-bond donors (Lipinski definition) is 3. The van der Waals surface area contributed by atoms with Crippen molar-refractivity contribution in [2.75, 3.05) is 0 Å². The normalized spacial score (nSPS) is 11.6. The van der Waals surface area contributed by atoms with E-state index in [9.17, 15) is 13.5 Å². The van der Waals surface area contributed by atoms with Crippen LogP contribution in [0.15, 0.2) is 29.2 Å². The van der Waals surface area contributed by atoms with Crippen LogP contribution in [0.5, 0.6) is 5.75 Å². The van der Waals surface area contributed by atoms with Crippen LogP contribution in [0.1, 0.15) is 11.3 Å². The molecular formula is C10H9N2O4S. The predicted octanol–water partition coefficient (Wildman–Crippen LogP) is 0.753. The van der Waals surface area contributed by atoms with Crippen LogP contribution in [-0.4, -0.2) is 28.3 Å². The summed E-state index contributed by atoms with van der Waals surface area (Å²) >= 11 is 0. The lowest BCUT2D eigenvalue weighted by Gasteiger charge is -2.05. The van der Waals surface area contributed by atoms with Gasteiger partial charge in [-0.25, -0.2) is 0 Å². The fourth-order valence-electron chi connectivity index (χ4n) is 1.48. The van der Waals surface area contributed by atoms with Crippen LogP contribution in [0.4, 0.5) is 0 Å². The molecule has 0 amide bonds. The minimum absolute atomic E-state index is 0.109. The Bertz CT molecular complexity index is 633. The van der Waals surface area contributed by atoms with Crippen molar-refractivity contribution in [3.05, 3.63) is 41.7 Å². The number of aromatic nitrogens is 2. The Labute approximate surface area is 97.7 Å². The van der Waals surface area contributed by atoms with Gasteiger partial charge in [0.15, 0.2) is 11.9 Å². The highest BCUT2D eigenvalue weighted by molar-refractivity contribution is 7.85. The molecule has 0 fully saturated rings. The van der Waals surface area contributed by atoms with Gasteiger partial charge < -0.3 is 5.11 Å². The van der Waals surface area contributed by atoms with Crippen LogP contribution in [0.25, 0.3) is 0 Å². The number of benzene rings is 1. The van der Waals surface area contributed by atoms with Gasteiger partial charge in [0, 0.05) is 6.42 Å². The standard InChI is InChI=1S/C10H9N2O4S/c13-9-6-11-12-8(9)5-7-3-1-2-4-10(7)17(14,15)16/h1-4,13H,5H2,(H,11,12)(H,14,15,16). The molecule has 89 valence electrons. The molecule has 0 saturated carbocycles. The summed E-state index contributed by atoms with van der Waals surface area (Å²) in [6, 6.07) is 5.98. The van der Waals surface area contributed by atoms with Crippen LogP contribution in [0.3, 0.4) is 0 Å². The second-order valence-corrected chi connectivity index (χ2v) is 4.81. The molecule has 0 saturated heterocycles. The summed E-state index contributed by atoms with van der Waals surface area (Å²) in [5.74, 6) is -0.171. The summed E-state index contributed by atoms with van der Waals surface area (Å²) in [4.78, 5) is -0.186. The largest absolute Gasteiger partial charge is 0.504 e. The number of aromatic amines is 1. The van der Waals surface area contributed by atoms with Crippen LogP contribution in [0.2, 0.25) is 0 Å². The van der Waals surface area contributed by atoms with E-state index < -0.39 is 10.1 Å². The predicted molar refractivity (Wildman–Crippen MR) is 58.2 cm³/mol. The second kappa shape index (κ2) is 4.19. The van der Waals surface area contributed by atoms with E-state index in [4.69, 9.17) is 4.55 Å². The third-order valence-corrected chi connectivity index (χ3v) is 3.21. The van der Waals surface area contributed by atoms with Gasteiger partial charge in [-0.2, -0.15) is 13.5 Å². The van der Waals surface area contributed by atoms with Gasteiger partial charge >= 0.3 is 0 Å². The molecule has 7 heteroatoms. The molecule has 0 aliphatic carbocycles. The third kappa shape index (κ3) is 2.45. The van der Waals surface area contributed by atoms with E-state index in [0.29, 0.717) is 11.3 Å². The molecule has 17 heavy (non-hydrogen) atoms. The Kier molecular flexibility index (Phi) is 2.86. The van der Waals surface area contributed by atoms with Crippen LogP contribution >= 0.6 is 0 Å². The quantitative estimate of drug-likeness (QED) is 0.700. The number of H-pyrrole nitrogens is 1. The molecular weight excluding hydrogens is 244 g/mol. The smallest absolute Gasteiger partial charge is 0.294 e. The van der Waals surface area contributed by atoms with Gasteiger partial charge in [0.1, 0.15) is 0 Å². The van der Waals surface area contributed by atoms with Crippen LogP contribution in [0, 0.1) is 6.20 Å². The Balaban J connectivity index is 2.44. The Morgan fingerprint density at radius 3 is 2.65 bits per heavy atom. The number of aromatic hydroxyl groups is 1. The minimum atomic E-state index is -4.28. The lowest BCUT2D eigenvalue weighted by Crippen LogP contribution is -2.03. The zero-order valence-electron chi connectivity index (χ0n) is 8.58.